The number of benzene rings is 7. The van der Waals surface area contributed by atoms with Crippen molar-refractivity contribution in [3.8, 4) is 51.8 Å². The van der Waals surface area contributed by atoms with E-state index in [0.29, 0.717) is 16.7 Å². The summed E-state index contributed by atoms with van der Waals surface area (Å²) in [6.07, 6.45) is 0. The van der Waals surface area contributed by atoms with Crippen molar-refractivity contribution in [1.82, 2.24) is 9.13 Å². The number of hydrogen-bond donors (Lipinski definition) is 0. The highest BCUT2D eigenvalue weighted by Gasteiger charge is 2.18. The number of nitriles is 3. The van der Waals surface area contributed by atoms with E-state index in [9.17, 15) is 15.8 Å². The van der Waals surface area contributed by atoms with Gasteiger partial charge in [-0.3, -0.25) is 0 Å². The van der Waals surface area contributed by atoms with Crippen molar-refractivity contribution in [3.63, 3.8) is 0 Å². The van der Waals surface area contributed by atoms with Gasteiger partial charge in [0.15, 0.2) is 0 Å². The van der Waals surface area contributed by atoms with Crippen LogP contribution in [0, 0.1) is 34.0 Å². The Balaban J connectivity index is 1.17. The maximum atomic E-state index is 10.4. The van der Waals surface area contributed by atoms with Crippen molar-refractivity contribution in [3.05, 3.63) is 168 Å². The third kappa shape index (κ3) is 4.38. The first-order valence-electron chi connectivity index (χ1n) is 16.3. The molecule has 0 saturated carbocycles. The summed E-state index contributed by atoms with van der Waals surface area (Å²) in [5, 5.41) is 34.4. The predicted octanol–water partition coefficient (Wildman–Crippen LogP) is 10.8. The molecule has 0 aliphatic carbocycles. The van der Waals surface area contributed by atoms with Crippen LogP contribution in [-0.4, -0.2) is 9.13 Å². The standard InChI is InChI=1S/C45H25N5/c46-26-29-14-22-44-40(23-29)39-9-3-6-12-43(39)50(44)45-24-30(27-47)13-20-36(45)32-17-21-35(33(25-32)28-48)31-15-18-34(19-16-31)49-41-10-4-1-7-37(41)38-8-2-5-11-42(38)49/h1-25H. The van der Waals surface area contributed by atoms with Gasteiger partial charge >= 0.3 is 0 Å². The zero-order valence-electron chi connectivity index (χ0n) is 26.7. The largest absolute Gasteiger partial charge is 0.309 e. The lowest BCUT2D eigenvalue weighted by Crippen LogP contribution is -1.99. The van der Waals surface area contributed by atoms with Gasteiger partial charge in [0.25, 0.3) is 0 Å². The molecule has 0 radical (unpaired) electrons. The SMILES string of the molecule is N#Cc1ccc(-c2ccc(-c3ccc(-n4c5ccccc5c5ccccc54)cc3)c(C#N)c2)c(-n2c3ccccc3c3cc(C#N)ccc32)c1. The number of fused-ring (bicyclic) bond motifs is 6. The van der Waals surface area contributed by atoms with Crippen LogP contribution in [0.2, 0.25) is 0 Å². The lowest BCUT2D eigenvalue weighted by Gasteiger charge is -2.16. The van der Waals surface area contributed by atoms with Crippen LogP contribution in [0.1, 0.15) is 16.7 Å². The highest BCUT2D eigenvalue weighted by molar-refractivity contribution is 6.11. The fourth-order valence-electron chi connectivity index (χ4n) is 7.38. The minimum absolute atomic E-state index is 0.531. The van der Waals surface area contributed by atoms with Crippen LogP contribution in [0.15, 0.2) is 152 Å². The molecule has 2 heterocycles. The van der Waals surface area contributed by atoms with Crippen molar-refractivity contribution in [2.45, 2.75) is 0 Å². The van der Waals surface area contributed by atoms with Crippen molar-refractivity contribution < 1.29 is 0 Å². The maximum Gasteiger partial charge on any atom is 0.0998 e. The van der Waals surface area contributed by atoms with Crippen molar-refractivity contribution in [2.24, 2.45) is 0 Å². The summed E-state index contributed by atoms with van der Waals surface area (Å²) in [4.78, 5) is 0. The summed E-state index contributed by atoms with van der Waals surface area (Å²) in [5.74, 6) is 0. The minimum atomic E-state index is 0.531. The summed E-state index contributed by atoms with van der Waals surface area (Å²) in [5.41, 5.74) is 11.3. The average Bonchev–Trinajstić information content (AvgIpc) is 3.70. The van der Waals surface area contributed by atoms with E-state index in [2.05, 4.69) is 112 Å². The smallest absolute Gasteiger partial charge is 0.0998 e. The topological polar surface area (TPSA) is 81.2 Å². The second-order valence-electron chi connectivity index (χ2n) is 12.3. The Hall–Kier alpha value is -7.39. The molecule has 2 aromatic heterocycles. The zero-order chi connectivity index (χ0) is 33.8. The van der Waals surface area contributed by atoms with Gasteiger partial charge in [0.05, 0.1) is 62.7 Å². The fraction of sp³-hybridized carbons (Fsp3) is 0. The molecule has 0 aliphatic heterocycles. The molecule has 5 nitrogen and oxygen atoms in total. The van der Waals surface area contributed by atoms with Crippen molar-refractivity contribution in [2.75, 3.05) is 0 Å². The first-order chi connectivity index (χ1) is 24.7. The quantitative estimate of drug-likeness (QED) is 0.193. The highest BCUT2D eigenvalue weighted by Crippen LogP contribution is 2.39. The van der Waals surface area contributed by atoms with Gasteiger partial charge in [-0.15, -0.1) is 0 Å². The molecule has 0 fully saturated rings. The molecule has 0 bridgehead atoms. The highest BCUT2D eigenvalue weighted by atomic mass is 15.0. The Morgan fingerprint density at radius 1 is 0.380 bits per heavy atom. The number of nitrogens with zero attached hydrogens (tertiary/aromatic N) is 5. The van der Waals surface area contributed by atoms with Gasteiger partial charge in [-0.2, -0.15) is 15.8 Å². The molecule has 0 spiro atoms. The molecule has 0 amide bonds. The van der Waals surface area contributed by atoms with Crippen LogP contribution in [0.25, 0.3) is 77.2 Å². The van der Waals surface area contributed by atoms with Crippen LogP contribution >= 0.6 is 0 Å². The first kappa shape index (κ1) is 28.8. The van der Waals surface area contributed by atoms with Gasteiger partial charge in [-0.05, 0) is 83.4 Å². The predicted molar refractivity (Wildman–Crippen MR) is 200 cm³/mol. The Labute approximate surface area is 287 Å². The molecule has 9 aromatic rings. The molecule has 9 rings (SSSR count). The first-order valence-corrected chi connectivity index (χ1v) is 16.3. The summed E-state index contributed by atoms with van der Waals surface area (Å²) >= 11 is 0. The van der Waals surface area contributed by atoms with E-state index in [0.717, 1.165) is 66.5 Å². The molecule has 0 N–H and O–H groups in total. The molecule has 0 aliphatic rings. The summed E-state index contributed by atoms with van der Waals surface area (Å²) in [6, 6.07) is 57.7. The molecule has 50 heavy (non-hydrogen) atoms. The van der Waals surface area contributed by atoms with E-state index in [1.165, 1.54) is 10.8 Å². The minimum Gasteiger partial charge on any atom is -0.309 e. The lowest BCUT2D eigenvalue weighted by molar-refractivity contribution is 1.18. The number of hydrogen-bond acceptors (Lipinski definition) is 3. The van der Waals surface area contributed by atoms with Gasteiger partial charge < -0.3 is 9.13 Å². The molecule has 0 atom stereocenters. The number of rotatable bonds is 4. The van der Waals surface area contributed by atoms with Crippen LogP contribution in [-0.2, 0) is 0 Å². The Morgan fingerprint density at radius 2 is 0.900 bits per heavy atom. The molecule has 0 saturated heterocycles. The van der Waals surface area contributed by atoms with Gasteiger partial charge in [-0.25, -0.2) is 0 Å². The molecule has 5 heteroatoms. The van der Waals surface area contributed by atoms with E-state index in [-0.39, 0.29) is 0 Å². The summed E-state index contributed by atoms with van der Waals surface area (Å²) in [7, 11) is 0. The Bertz CT molecular complexity index is 2900. The van der Waals surface area contributed by atoms with Crippen LogP contribution in [0.3, 0.4) is 0 Å². The molecular formula is C45H25N5. The van der Waals surface area contributed by atoms with E-state index in [4.69, 9.17) is 0 Å². The third-order valence-corrected chi connectivity index (χ3v) is 9.64. The second-order valence-corrected chi connectivity index (χ2v) is 12.3. The third-order valence-electron chi connectivity index (χ3n) is 9.64. The second kappa shape index (κ2) is 11.4. The van der Waals surface area contributed by atoms with Crippen molar-refractivity contribution in [1.29, 1.82) is 15.8 Å². The van der Waals surface area contributed by atoms with Gasteiger partial charge in [0.1, 0.15) is 0 Å². The number of aromatic nitrogens is 2. The average molecular weight is 636 g/mol. The zero-order valence-corrected chi connectivity index (χ0v) is 26.7. The van der Waals surface area contributed by atoms with Crippen LogP contribution in [0.5, 0.6) is 0 Å². The maximum absolute atomic E-state index is 10.4. The van der Waals surface area contributed by atoms with E-state index in [1.54, 1.807) is 0 Å². The van der Waals surface area contributed by atoms with Crippen LogP contribution in [0.4, 0.5) is 0 Å². The molecule has 0 unspecified atom stereocenters. The Morgan fingerprint density at radius 3 is 1.54 bits per heavy atom. The monoisotopic (exact) mass is 635 g/mol. The molecular weight excluding hydrogens is 611 g/mol. The van der Waals surface area contributed by atoms with Gasteiger partial charge in [0.2, 0.25) is 0 Å². The normalized spacial score (nSPS) is 11.1. The van der Waals surface area contributed by atoms with Gasteiger partial charge in [0, 0.05) is 32.8 Å². The fourth-order valence-corrected chi connectivity index (χ4v) is 7.38. The molecule has 230 valence electrons. The molecule has 7 aromatic carbocycles. The lowest BCUT2D eigenvalue weighted by atomic mass is 9.94. The van der Waals surface area contributed by atoms with Crippen molar-refractivity contribution >= 4 is 43.6 Å². The van der Waals surface area contributed by atoms with Gasteiger partial charge in [-0.1, -0.05) is 84.9 Å². The van der Waals surface area contributed by atoms with Crippen LogP contribution < -0.4 is 0 Å². The summed E-state index contributed by atoms with van der Waals surface area (Å²) in [6.45, 7) is 0. The van der Waals surface area contributed by atoms with E-state index >= 15 is 0 Å². The Kier molecular flexibility index (Phi) is 6.56. The van der Waals surface area contributed by atoms with E-state index in [1.807, 2.05) is 66.7 Å². The van der Waals surface area contributed by atoms with E-state index < -0.39 is 0 Å². The summed E-state index contributed by atoms with van der Waals surface area (Å²) < 4.78 is 4.43. The number of para-hydroxylation sites is 3.